The van der Waals surface area contributed by atoms with Crippen LogP contribution in [0.1, 0.15) is 18.4 Å². The van der Waals surface area contributed by atoms with Gasteiger partial charge in [-0.25, -0.2) is 0 Å². The standard InChI is InChI=1S/C21H19NO5.Na/c23-20(10-11-21(24)25)22(26)18-6-3-7-19(13-18)27-14-15-8-9-16-4-1-2-5-17(16)12-15;/h1-9,12-13,26H,10-11,14H2,(H,24,25);/q;+1/p-1. The third kappa shape index (κ3) is 5.81. The number of fused-ring (bicyclic) bond motifs is 1. The largest absolute Gasteiger partial charge is 1.00 e. The summed E-state index contributed by atoms with van der Waals surface area (Å²) in [4.78, 5) is 22.2. The number of carboxylic acid groups (broad SMARTS) is 1. The average molecular weight is 387 g/mol. The molecule has 0 radical (unpaired) electrons. The van der Waals surface area contributed by atoms with E-state index in [0.29, 0.717) is 17.4 Å². The Morgan fingerprint density at radius 2 is 1.68 bits per heavy atom. The molecule has 0 saturated heterocycles. The van der Waals surface area contributed by atoms with Crippen molar-refractivity contribution in [3.05, 3.63) is 72.3 Å². The number of carboxylic acids is 1. The van der Waals surface area contributed by atoms with Gasteiger partial charge in [0.2, 0.25) is 0 Å². The molecule has 138 valence electrons. The summed E-state index contributed by atoms with van der Waals surface area (Å²) >= 11 is 0. The summed E-state index contributed by atoms with van der Waals surface area (Å²) in [6.07, 6.45) is -0.797. The molecule has 0 heterocycles. The van der Waals surface area contributed by atoms with Crippen LogP contribution in [0.15, 0.2) is 66.7 Å². The minimum Gasteiger partial charge on any atom is -0.550 e. The first kappa shape index (κ1) is 21.9. The number of hydroxylamine groups is 1. The monoisotopic (exact) mass is 387 g/mol. The summed E-state index contributed by atoms with van der Waals surface area (Å²) in [5.74, 6) is -1.59. The number of ether oxygens (including phenoxy) is 1. The molecular weight excluding hydrogens is 369 g/mol. The van der Waals surface area contributed by atoms with Gasteiger partial charge < -0.3 is 14.6 Å². The second-order valence-electron chi connectivity index (χ2n) is 6.05. The fourth-order valence-electron chi connectivity index (χ4n) is 2.66. The maximum atomic E-state index is 11.8. The van der Waals surface area contributed by atoms with E-state index in [1.165, 1.54) is 12.1 Å². The summed E-state index contributed by atoms with van der Waals surface area (Å²) in [7, 11) is 0. The maximum Gasteiger partial charge on any atom is 1.00 e. The summed E-state index contributed by atoms with van der Waals surface area (Å²) in [6.45, 7) is 0.332. The van der Waals surface area contributed by atoms with E-state index >= 15 is 0 Å². The molecule has 0 aliphatic heterocycles. The maximum absolute atomic E-state index is 11.8. The average Bonchev–Trinajstić information content (AvgIpc) is 2.70. The molecule has 0 saturated carbocycles. The van der Waals surface area contributed by atoms with Crippen LogP contribution in [0.5, 0.6) is 5.75 Å². The Kier molecular flexibility index (Phi) is 8.02. The Bertz CT molecular complexity index is 976. The number of hydrogen-bond donors (Lipinski definition) is 1. The molecule has 0 aliphatic carbocycles. The van der Waals surface area contributed by atoms with Gasteiger partial charge in [-0.1, -0.05) is 42.5 Å². The topological polar surface area (TPSA) is 89.9 Å². The van der Waals surface area contributed by atoms with E-state index in [4.69, 9.17) is 4.74 Å². The van der Waals surface area contributed by atoms with Gasteiger partial charge in [-0.15, -0.1) is 0 Å². The van der Waals surface area contributed by atoms with Gasteiger partial charge in [0.25, 0.3) is 5.91 Å². The predicted octanol–water partition coefficient (Wildman–Crippen LogP) is -0.325. The van der Waals surface area contributed by atoms with E-state index in [2.05, 4.69) is 0 Å². The van der Waals surface area contributed by atoms with Gasteiger partial charge in [0.1, 0.15) is 12.4 Å². The van der Waals surface area contributed by atoms with Crippen LogP contribution in [-0.2, 0) is 16.2 Å². The van der Waals surface area contributed by atoms with Gasteiger partial charge in [-0.05, 0) is 41.0 Å². The molecule has 0 aliphatic rings. The van der Waals surface area contributed by atoms with Gasteiger partial charge in [0.15, 0.2) is 0 Å². The fraction of sp³-hybridized carbons (Fsp3) is 0.143. The molecular formula is C21H18NNaO5. The predicted molar refractivity (Wildman–Crippen MR) is 98.2 cm³/mol. The first-order chi connectivity index (χ1) is 13.0. The second-order valence-corrected chi connectivity index (χ2v) is 6.05. The number of anilines is 1. The van der Waals surface area contributed by atoms with Crippen LogP contribution in [0, 0.1) is 0 Å². The molecule has 3 rings (SSSR count). The number of carbonyl (C=O) groups is 2. The summed E-state index contributed by atoms with van der Waals surface area (Å²) in [6, 6.07) is 20.5. The Balaban J connectivity index is 0.00000280. The van der Waals surface area contributed by atoms with Crippen molar-refractivity contribution in [2.45, 2.75) is 19.4 Å². The third-order valence-corrected chi connectivity index (χ3v) is 4.06. The van der Waals surface area contributed by atoms with Crippen LogP contribution in [0.4, 0.5) is 5.69 Å². The van der Waals surface area contributed by atoms with Crippen molar-refractivity contribution in [1.29, 1.82) is 0 Å². The van der Waals surface area contributed by atoms with Crippen LogP contribution < -0.4 is 44.5 Å². The van der Waals surface area contributed by atoms with Crippen LogP contribution in [0.3, 0.4) is 0 Å². The van der Waals surface area contributed by atoms with Crippen molar-refractivity contribution < 1.29 is 54.2 Å². The van der Waals surface area contributed by atoms with E-state index in [-0.39, 0.29) is 41.7 Å². The van der Waals surface area contributed by atoms with Gasteiger partial charge in [-0.2, -0.15) is 5.06 Å². The number of benzene rings is 3. The van der Waals surface area contributed by atoms with Crippen molar-refractivity contribution in [3.8, 4) is 5.75 Å². The molecule has 7 heteroatoms. The van der Waals surface area contributed by atoms with Gasteiger partial charge in [-0.3, -0.25) is 10.0 Å². The molecule has 1 N–H and O–H groups in total. The van der Waals surface area contributed by atoms with Crippen molar-refractivity contribution in [2.75, 3.05) is 5.06 Å². The van der Waals surface area contributed by atoms with E-state index < -0.39 is 18.3 Å². The quantitative estimate of drug-likeness (QED) is 0.341. The Labute approximate surface area is 184 Å². The van der Waals surface area contributed by atoms with Crippen LogP contribution in [0.2, 0.25) is 0 Å². The number of hydrogen-bond acceptors (Lipinski definition) is 5. The molecule has 0 atom stereocenters. The van der Waals surface area contributed by atoms with E-state index in [9.17, 15) is 19.9 Å². The third-order valence-electron chi connectivity index (χ3n) is 4.06. The molecule has 0 spiro atoms. The first-order valence-corrected chi connectivity index (χ1v) is 8.45. The SMILES string of the molecule is O=C([O-])CCC(=O)N(O)c1cccc(OCc2ccc3ccccc3c2)c1.[Na+]. The normalized spacial score (nSPS) is 10.2. The molecule has 6 nitrogen and oxygen atoms in total. The van der Waals surface area contributed by atoms with Crippen LogP contribution in [-0.4, -0.2) is 17.1 Å². The van der Waals surface area contributed by atoms with Crippen molar-refractivity contribution in [2.24, 2.45) is 0 Å². The first-order valence-electron chi connectivity index (χ1n) is 8.45. The molecule has 28 heavy (non-hydrogen) atoms. The Morgan fingerprint density at radius 1 is 0.929 bits per heavy atom. The number of aliphatic carboxylic acids is 1. The number of carbonyl (C=O) groups excluding carboxylic acids is 2. The smallest absolute Gasteiger partial charge is 0.550 e. The molecule has 3 aromatic rings. The van der Waals surface area contributed by atoms with E-state index in [1.54, 1.807) is 12.1 Å². The molecule has 0 bridgehead atoms. The number of nitrogens with zero attached hydrogens (tertiary/aromatic N) is 1. The number of rotatable bonds is 7. The van der Waals surface area contributed by atoms with Gasteiger partial charge in [0, 0.05) is 18.5 Å². The summed E-state index contributed by atoms with van der Waals surface area (Å²) in [5, 5.41) is 23.1. The minimum atomic E-state index is -1.34. The zero-order valence-electron chi connectivity index (χ0n) is 15.5. The zero-order chi connectivity index (χ0) is 19.2. The fourth-order valence-corrected chi connectivity index (χ4v) is 2.66. The Hall–Kier alpha value is -2.38. The van der Waals surface area contributed by atoms with E-state index in [1.807, 2.05) is 42.5 Å². The van der Waals surface area contributed by atoms with Gasteiger partial charge >= 0.3 is 29.6 Å². The van der Waals surface area contributed by atoms with Crippen molar-refractivity contribution >= 4 is 28.3 Å². The molecule has 0 unspecified atom stereocenters. The summed E-state index contributed by atoms with van der Waals surface area (Å²) < 4.78 is 5.76. The van der Waals surface area contributed by atoms with Crippen LogP contribution >= 0.6 is 0 Å². The van der Waals surface area contributed by atoms with Crippen molar-refractivity contribution in [1.82, 2.24) is 0 Å². The zero-order valence-corrected chi connectivity index (χ0v) is 17.5. The molecule has 0 aromatic heterocycles. The number of amides is 1. The molecule has 3 aromatic carbocycles. The molecule has 1 amide bonds. The molecule has 0 fully saturated rings. The Morgan fingerprint density at radius 3 is 2.43 bits per heavy atom. The van der Waals surface area contributed by atoms with Gasteiger partial charge in [0.05, 0.1) is 5.69 Å². The summed E-state index contributed by atoms with van der Waals surface area (Å²) in [5.41, 5.74) is 1.19. The van der Waals surface area contributed by atoms with Crippen LogP contribution in [0.25, 0.3) is 10.8 Å². The second kappa shape index (κ2) is 10.2. The van der Waals surface area contributed by atoms with Crippen molar-refractivity contribution in [3.63, 3.8) is 0 Å². The van der Waals surface area contributed by atoms with E-state index in [0.717, 1.165) is 16.3 Å². The minimum absolute atomic E-state index is 0.